The normalized spacial score (nSPS) is 26.0. The number of hydrogen-bond acceptors (Lipinski definition) is 4. The van der Waals surface area contributed by atoms with E-state index in [-0.39, 0.29) is 18.9 Å². The highest BCUT2D eigenvalue weighted by Crippen LogP contribution is 2.07. The number of rotatable bonds is 3. The van der Waals surface area contributed by atoms with Gasteiger partial charge in [-0.3, -0.25) is 0 Å². The molecule has 1 heterocycles. The van der Waals surface area contributed by atoms with Crippen LogP contribution in [0.2, 0.25) is 0 Å². The van der Waals surface area contributed by atoms with Gasteiger partial charge < -0.3 is 9.84 Å². The number of hydrogen-bond donors (Lipinski definition) is 1. The number of aliphatic hydroxyl groups excluding tert-OH is 1. The summed E-state index contributed by atoms with van der Waals surface area (Å²) >= 11 is 0. The van der Waals surface area contributed by atoms with Crippen LogP contribution in [0.25, 0.3) is 0 Å². The molecule has 0 bridgehead atoms. The molecule has 0 aromatic rings. The maximum Gasteiger partial charge on any atom is 0.214 e. The van der Waals surface area contributed by atoms with Gasteiger partial charge in [0.05, 0.1) is 25.1 Å². The Kier molecular flexibility index (Phi) is 4.31. The molecule has 1 unspecified atom stereocenters. The Hall–Kier alpha value is -0.170. The van der Waals surface area contributed by atoms with E-state index in [1.165, 1.54) is 4.31 Å². The maximum atomic E-state index is 11.6. The molecule has 0 radical (unpaired) electrons. The lowest BCUT2D eigenvalue weighted by atomic mass is 10.4. The van der Waals surface area contributed by atoms with Crippen molar-refractivity contribution >= 4 is 10.0 Å². The first-order chi connectivity index (χ1) is 6.56. The van der Waals surface area contributed by atoms with Crippen LogP contribution in [0.5, 0.6) is 0 Å². The summed E-state index contributed by atoms with van der Waals surface area (Å²) < 4.78 is 29.7. The average Bonchev–Trinajstić information content (AvgIpc) is 2.30. The van der Waals surface area contributed by atoms with E-state index in [9.17, 15) is 13.5 Å². The highest BCUT2D eigenvalue weighted by molar-refractivity contribution is 7.89. The Bertz CT molecular complexity index is 265. The minimum atomic E-state index is -3.20. The molecular weight excluding hydrogens is 206 g/mol. The monoisotopic (exact) mass is 223 g/mol. The summed E-state index contributed by atoms with van der Waals surface area (Å²) in [6.45, 7) is 2.90. The third-order valence-corrected chi connectivity index (χ3v) is 4.11. The molecule has 1 N–H and O–H groups in total. The van der Waals surface area contributed by atoms with Crippen molar-refractivity contribution in [3.05, 3.63) is 0 Å². The Morgan fingerprint density at radius 2 is 2.29 bits per heavy atom. The van der Waals surface area contributed by atoms with Crippen LogP contribution < -0.4 is 0 Å². The SMILES string of the molecule is CCCS(=O)(=O)N1CCOCC(O)C1. The predicted octanol–water partition coefficient (Wildman–Crippen LogP) is -0.581. The largest absolute Gasteiger partial charge is 0.389 e. The lowest BCUT2D eigenvalue weighted by molar-refractivity contribution is 0.0583. The van der Waals surface area contributed by atoms with Gasteiger partial charge in [0.2, 0.25) is 10.0 Å². The molecule has 5 nitrogen and oxygen atoms in total. The second-order valence-electron chi connectivity index (χ2n) is 3.40. The van der Waals surface area contributed by atoms with Crippen molar-refractivity contribution < 1.29 is 18.3 Å². The first-order valence-electron chi connectivity index (χ1n) is 4.80. The molecule has 0 saturated carbocycles. The zero-order valence-electron chi connectivity index (χ0n) is 8.35. The fourth-order valence-corrected chi connectivity index (χ4v) is 2.93. The molecule has 0 aliphatic carbocycles. The van der Waals surface area contributed by atoms with E-state index in [2.05, 4.69) is 0 Å². The molecule has 1 rings (SSSR count). The molecule has 14 heavy (non-hydrogen) atoms. The first kappa shape index (κ1) is 11.9. The van der Waals surface area contributed by atoms with Crippen LogP contribution in [0, 0.1) is 0 Å². The van der Waals surface area contributed by atoms with Crippen LogP contribution in [0.3, 0.4) is 0 Å². The van der Waals surface area contributed by atoms with E-state index in [4.69, 9.17) is 4.74 Å². The van der Waals surface area contributed by atoms with Crippen LogP contribution in [0.4, 0.5) is 0 Å². The highest BCUT2D eigenvalue weighted by atomic mass is 32.2. The third-order valence-electron chi connectivity index (χ3n) is 2.07. The Morgan fingerprint density at radius 3 is 2.93 bits per heavy atom. The fraction of sp³-hybridized carbons (Fsp3) is 1.00. The molecule has 0 aromatic carbocycles. The van der Waals surface area contributed by atoms with Gasteiger partial charge in [0.15, 0.2) is 0 Å². The van der Waals surface area contributed by atoms with Gasteiger partial charge in [0, 0.05) is 13.1 Å². The summed E-state index contributed by atoms with van der Waals surface area (Å²) in [4.78, 5) is 0. The molecule has 84 valence electrons. The topological polar surface area (TPSA) is 66.8 Å². The third kappa shape index (κ3) is 3.20. The van der Waals surface area contributed by atoms with E-state index in [1.807, 2.05) is 6.92 Å². The van der Waals surface area contributed by atoms with E-state index in [1.54, 1.807) is 0 Å². The van der Waals surface area contributed by atoms with Crippen molar-refractivity contribution in [1.82, 2.24) is 4.31 Å². The zero-order valence-corrected chi connectivity index (χ0v) is 9.16. The summed E-state index contributed by atoms with van der Waals surface area (Å²) in [5, 5.41) is 9.36. The van der Waals surface area contributed by atoms with Crippen molar-refractivity contribution in [1.29, 1.82) is 0 Å². The number of sulfonamides is 1. The summed E-state index contributed by atoms with van der Waals surface area (Å²) in [7, 11) is -3.20. The maximum absolute atomic E-state index is 11.6. The molecule has 1 atom stereocenters. The molecule has 1 aliphatic rings. The Balaban J connectivity index is 2.65. The average molecular weight is 223 g/mol. The smallest absolute Gasteiger partial charge is 0.214 e. The number of nitrogens with zero attached hydrogens (tertiary/aromatic N) is 1. The van der Waals surface area contributed by atoms with Crippen LogP contribution in [0.1, 0.15) is 13.3 Å². The van der Waals surface area contributed by atoms with Gasteiger partial charge >= 0.3 is 0 Å². The first-order valence-corrected chi connectivity index (χ1v) is 6.41. The van der Waals surface area contributed by atoms with Gasteiger partial charge in [-0.1, -0.05) is 6.92 Å². The molecule has 6 heteroatoms. The summed E-state index contributed by atoms with van der Waals surface area (Å²) in [5.74, 6) is 0.139. The highest BCUT2D eigenvalue weighted by Gasteiger charge is 2.25. The van der Waals surface area contributed by atoms with E-state index >= 15 is 0 Å². The van der Waals surface area contributed by atoms with Crippen molar-refractivity contribution in [2.24, 2.45) is 0 Å². The van der Waals surface area contributed by atoms with Crippen molar-refractivity contribution in [2.45, 2.75) is 19.4 Å². The lowest BCUT2D eigenvalue weighted by Gasteiger charge is -2.20. The zero-order chi connectivity index (χ0) is 10.6. The van der Waals surface area contributed by atoms with Crippen molar-refractivity contribution in [2.75, 3.05) is 32.1 Å². The molecule has 0 spiro atoms. The van der Waals surface area contributed by atoms with Crippen molar-refractivity contribution in [3.63, 3.8) is 0 Å². The van der Waals surface area contributed by atoms with Gasteiger partial charge in [0.25, 0.3) is 0 Å². The minimum Gasteiger partial charge on any atom is -0.389 e. The second kappa shape index (κ2) is 5.06. The fourth-order valence-electron chi connectivity index (χ4n) is 1.40. The molecule has 0 aromatic heterocycles. The number of β-amino-alcohol motifs (C(OH)–C–C–N with tert-alkyl or cyclic N) is 1. The van der Waals surface area contributed by atoms with E-state index < -0.39 is 16.1 Å². The van der Waals surface area contributed by atoms with E-state index in [0.29, 0.717) is 19.6 Å². The second-order valence-corrected chi connectivity index (χ2v) is 5.49. The van der Waals surface area contributed by atoms with Gasteiger partial charge in [-0.05, 0) is 6.42 Å². The summed E-state index contributed by atoms with van der Waals surface area (Å²) in [5.41, 5.74) is 0. The Labute approximate surface area is 84.7 Å². The quantitative estimate of drug-likeness (QED) is 0.695. The van der Waals surface area contributed by atoms with Gasteiger partial charge in [0.1, 0.15) is 0 Å². The number of ether oxygens (including phenoxy) is 1. The Morgan fingerprint density at radius 1 is 1.57 bits per heavy atom. The summed E-state index contributed by atoms with van der Waals surface area (Å²) in [6, 6.07) is 0. The standard InChI is InChI=1S/C8H17NO4S/c1-2-5-14(11,12)9-3-4-13-7-8(10)6-9/h8,10H,2-7H2,1H3. The lowest BCUT2D eigenvalue weighted by Crippen LogP contribution is -2.38. The van der Waals surface area contributed by atoms with Gasteiger partial charge in [-0.2, -0.15) is 4.31 Å². The molecule has 1 fully saturated rings. The molecule has 0 amide bonds. The molecule has 1 aliphatic heterocycles. The van der Waals surface area contributed by atoms with Gasteiger partial charge in [-0.25, -0.2) is 8.42 Å². The van der Waals surface area contributed by atoms with Crippen molar-refractivity contribution in [3.8, 4) is 0 Å². The van der Waals surface area contributed by atoms with E-state index in [0.717, 1.165) is 0 Å². The van der Waals surface area contributed by atoms with Crippen LogP contribution in [0.15, 0.2) is 0 Å². The minimum absolute atomic E-state index is 0.139. The summed E-state index contributed by atoms with van der Waals surface area (Å²) in [6.07, 6.45) is -0.111. The van der Waals surface area contributed by atoms with Gasteiger partial charge in [-0.15, -0.1) is 0 Å². The van der Waals surface area contributed by atoms with Crippen LogP contribution in [-0.4, -0.2) is 56.0 Å². The number of aliphatic hydroxyl groups is 1. The molecular formula is C8H17NO4S. The van der Waals surface area contributed by atoms with Crippen LogP contribution >= 0.6 is 0 Å². The molecule has 1 saturated heterocycles. The predicted molar refractivity (Wildman–Crippen MR) is 52.5 cm³/mol. The van der Waals surface area contributed by atoms with Crippen LogP contribution in [-0.2, 0) is 14.8 Å².